The predicted octanol–water partition coefficient (Wildman–Crippen LogP) is 4.06. The van der Waals surface area contributed by atoms with Crippen LogP contribution in [-0.4, -0.2) is 91.1 Å². The van der Waals surface area contributed by atoms with Crippen LogP contribution in [0.15, 0.2) is 18.2 Å². The molecule has 2 amide bonds. The second-order valence-corrected chi connectivity index (χ2v) is 11.0. The van der Waals surface area contributed by atoms with Crippen LogP contribution < -0.4 is 9.47 Å². The van der Waals surface area contributed by atoms with E-state index in [2.05, 4.69) is 0 Å². The zero-order chi connectivity index (χ0) is 28.0. The van der Waals surface area contributed by atoms with Gasteiger partial charge in [0, 0.05) is 44.8 Å². The third-order valence-electron chi connectivity index (χ3n) is 6.17. The van der Waals surface area contributed by atoms with Gasteiger partial charge in [0.1, 0.15) is 5.60 Å². The molecule has 1 aromatic carbocycles. The number of benzene rings is 1. The number of hydrogen-bond acceptors (Lipinski definition) is 7. The molecule has 0 radical (unpaired) electrons. The molecule has 1 fully saturated rings. The van der Waals surface area contributed by atoms with Gasteiger partial charge in [0.05, 0.1) is 25.2 Å². The molecule has 0 aliphatic carbocycles. The number of aliphatic carboxylic acids is 1. The normalized spacial score (nSPS) is 19.9. The molecule has 1 aromatic rings. The molecular formula is C27H42N2O8. The highest BCUT2D eigenvalue weighted by molar-refractivity contribution is 5.95. The van der Waals surface area contributed by atoms with E-state index in [1.54, 1.807) is 57.9 Å². The number of piperidine rings is 1. The number of carboxylic acid groups (broad SMARTS) is 1. The van der Waals surface area contributed by atoms with Crippen molar-refractivity contribution in [1.29, 1.82) is 0 Å². The second-order valence-electron chi connectivity index (χ2n) is 11.0. The highest BCUT2D eigenvalue weighted by Gasteiger charge is 2.47. The minimum atomic E-state index is -1.25. The number of amides is 2. The second kappa shape index (κ2) is 12.5. The third kappa shape index (κ3) is 7.99. The van der Waals surface area contributed by atoms with Crippen LogP contribution in [0.3, 0.4) is 0 Å². The van der Waals surface area contributed by atoms with E-state index in [1.165, 1.54) is 12.0 Å². The Morgan fingerprint density at radius 1 is 1.16 bits per heavy atom. The Kier molecular flexibility index (Phi) is 10.2. The number of carbonyl (C=O) groups is 3. The minimum Gasteiger partial charge on any atom is -0.493 e. The Morgan fingerprint density at radius 3 is 2.38 bits per heavy atom. The van der Waals surface area contributed by atoms with Gasteiger partial charge in [-0.3, -0.25) is 9.59 Å². The van der Waals surface area contributed by atoms with Crippen LogP contribution in [0.25, 0.3) is 0 Å². The van der Waals surface area contributed by atoms with Crippen molar-refractivity contribution in [2.75, 3.05) is 40.5 Å². The maximum absolute atomic E-state index is 13.8. The van der Waals surface area contributed by atoms with E-state index in [9.17, 15) is 19.5 Å². The standard InChI is InChI=1S/C27H42N2O8/c1-18(2)29(23(30)19-10-11-21(35-8)22(14-19)36-13-9-12-34-7)20-15-27(6,24(31)32)17-28(16-20)25(33)37-26(3,4)5/h10-11,14,18,20H,9,12-13,15-17H2,1-8H3,(H,31,32)/t20-,27+/m1/s1. The summed E-state index contributed by atoms with van der Waals surface area (Å²) in [5.41, 5.74) is -1.61. The maximum Gasteiger partial charge on any atom is 0.410 e. The van der Waals surface area contributed by atoms with Gasteiger partial charge in [-0.05, 0) is 66.2 Å². The maximum atomic E-state index is 13.8. The third-order valence-corrected chi connectivity index (χ3v) is 6.17. The Labute approximate surface area is 219 Å². The number of ether oxygens (including phenoxy) is 4. The van der Waals surface area contributed by atoms with Crippen LogP contribution in [0.1, 0.15) is 64.7 Å². The van der Waals surface area contributed by atoms with E-state index in [-0.39, 0.29) is 31.5 Å². The first kappa shape index (κ1) is 30.2. The molecule has 0 saturated carbocycles. The number of methoxy groups -OCH3 is 2. The molecule has 1 heterocycles. The Hall–Kier alpha value is -3.01. The lowest BCUT2D eigenvalue weighted by Gasteiger charge is -2.47. The largest absolute Gasteiger partial charge is 0.493 e. The fourth-order valence-corrected chi connectivity index (χ4v) is 4.48. The lowest BCUT2D eigenvalue weighted by molar-refractivity contribution is -0.152. The van der Waals surface area contributed by atoms with Crippen LogP contribution in [0.5, 0.6) is 11.5 Å². The summed E-state index contributed by atoms with van der Waals surface area (Å²) in [5, 5.41) is 10.0. The fraction of sp³-hybridized carbons (Fsp3) is 0.667. The molecule has 10 nitrogen and oxygen atoms in total. The minimum absolute atomic E-state index is 0.00410. The molecule has 1 saturated heterocycles. The monoisotopic (exact) mass is 522 g/mol. The smallest absolute Gasteiger partial charge is 0.410 e. The zero-order valence-corrected chi connectivity index (χ0v) is 23.3. The van der Waals surface area contributed by atoms with Gasteiger partial charge < -0.3 is 33.9 Å². The average molecular weight is 523 g/mol. The van der Waals surface area contributed by atoms with Crippen molar-refractivity contribution in [2.24, 2.45) is 5.41 Å². The predicted molar refractivity (Wildman–Crippen MR) is 138 cm³/mol. The molecule has 0 bridgehead atoms. The number of carbonyl (C=O) groups excluding carboxylic acids is 2. The summed E-state index contributed by atoms with van der Waals surface area (Å²) < 4.78 is 21.8. The van der Waals surface area contributed by atoms with E-state index < -0.39 is 29.1 Å². The molecule has 37 heavy (non-hydrogen) atoms. The molecular weight excluding hydrogens is 480 g/mol. The van der Waals surface area contributed by atoms with Crippen LogP contribution in [0.2, 0.25) is 0 Å². The Morgan fingerprint density at radius 2 is 1.84 bits per heavy atom. The van der Waals surface area contributed by atoms with Crippen molar-refractivity contribution in [2.45, 2.75) is 72.1 Å². The van der Waals surface area contributed by atoms with Crippen molar-refractivity contribution in [3.63, 3.8) is 0 Å². The van der Waals surface area contributed by atoms with E-state index in [1.807, 2.05) is 13.8 Å². The molecule has 0 spiro atoms. The average Bonchev–Trinajstić information content (AvgIpc) is 2.80. The molecule has 1 aliphatic heterocycles. The van der Waals surface area contributed by atoms with E-state index >= 15 is 0 Å². The molecule has 10 heteroatoms. The fourth-order valence-electron chi connectivity index (χ4n) is 4.48. The Bertz CT molecular complexity index is 958. The zero-order valence-electron chi connectivity index (χ0n) is 23.3. The number of likely N-dealkylation sites (tertiary alicyclic amines) is 1. The number of hydrogen-bond donors (Lipinski definition) is 1. The van der Waals surface area contributed by atoms with E-state index in [0.29, 0.717) is 36.7 Å². The summed E-state index contributed by atoms with van der Waals surface area (Å²) in [4.78, 5) is 42.1. The summed E-state index contributed by atoms with van der Waals surface area (Å²) in [6, 6.07) is 4.16. The summed E-state index contributed by atoms with van der Waals surface area (Å²) >= 11 is 0. The Balaban J connectivity index is 2.39. The number of nitrogens with zero attached hydrogens (tertiary/aromatic N) is 2. The first-order chi connectivity index (χ1) is 17.2. The van der Waals surface area contributed by atoms with Gasteiger partial charge in [0.15, 0.2) is 11.5 Å². The van der Waals surface area contributed by atoms with Crippen molar-refractivity contribution in [1.82, 2.24) is 9.80 Å². The van der Waals surface area contributed by atoms with Gasteiger partial charge in [-0.2, -0.15) is 0 Å². The number of rotatable bonds is 10. The SMILES string of the molecule is COCCCOc1cc(C(=O)N(C(C)C)[C@H]2CN(C(=O)OC(C)(C)C)C[C@@](C)(C(=O)O)C2)ccc1OC. The quantitative estimate of drug-likeness (QED) is 0.458. The highest BCUT2D eigenvalue weighted by atomic mass is 16.6. The molecule has 0 aromatic heterocycles. The summed E-state index contributed by atoms with van der Waals surface area (Å²) in [5.74, 6) is -0.388. The summed E-state index contributed by atoms with van der Waals surface area (Å²) in [6.07, 6.45) is 0.269. The van der Waals surface area contributed by atoms with Crippen molar-refractivity contribution in [3.8, 4) is 11.5 Å². The van der Waals surface area contributed by atoms with Crippen LogP contribution in [0.4, 0.5) is 4.79 Å². The molecule has 1 N–H and O–H groups in total. The van der Waals surface area contributed by atoms with Gasteiger partial charge in [0.2, 0.25) is 0 Å². The van der Waals surface area contributed by atoms with E-state index in [4.69, 9.17) is 18.9 Å². The molecule has 1 aliphatic rings. The van der Waals surface area contributed by atoms with Crippen molar-refractivity contribution < 1.29 is 38.4 Å². The van der Waals surface area contributed by atoms with Gasteiger partial charge in [-0.1, -0.05) is 0 Å². The first-order valence-corrected chi connectivity index (χ1v) is 12.6. The first-order valence-electron chi connectivity index (χ1n) is 12.6. The van der Waals surface area contributed by atoms with Crippen molar-refractivity contribution in [3.05, 3.63) is 23.8 Å². The lowest BCUT2D eigenvalue weighted by atomic mass is 9.79. The van der Waals surface area contributed by atoms with E-state index in [0.717, 1.165) is 0 Å². The van der Waals surface area contributed by atoms with Crippen LogP contribution in [-0.2, 0) is 14.3 Å². The summed E-state index contributed by atoms with van der Waals surface area (Å²) in [7, 11) is 3.14. The summed E-state index contributed by atoms with van der Waals surface area (Å²) in [6.45, 7) is 11.7. The van der Waals surface area contributed by atoms with Gasteiger partial charge in [-0.25, -0.2) is 4.79 Å². The highest BCUT2D eigenvalue weighted by Crippen LogP contribution is 2.35. The molecule has 0 unspecified atom stereocenters. The molecule has 2 atom stereocenters. The molecule has 208 valence electrons. The van der Waals surface area contributed by atoms with Gasteiger partial charge in [-0.15, -0.1) is 0 Å². The lowest BCUT2D eigenvalue weighted by Crippen LogP contribution is -2.60. The van der Waals surface area contributed by atoms with Crippen molar-refractivity contribution >= 4 is 18.0 Å². The topological polar surface area (TPSA) is 115 Å². The number of carboxylic acids is 1. The van der Waals surface area contributed by atoms with Gasteiger partial charge in [0.25, 0.3) is 5.91 Å². The van der Waals surface area contributed by atoms with Crippen LogP contribution >= 0.6 is 0 Å². The van der Waals surface area contributed by atoms with Gasteiger partial charge >= 0.3 is 12.1 Å². The molecule has 2 rings (SSSR count). The van der Waals surface area contributed by atoms with Crippen LogP contribution in [0, 0.1) is 5.41 Å².